The summed E-state index contributed by atoms with van der Waals surface area (Å²) in [4.78, 5) is 60.7. The van der Waals surface area contributed by atoms with Crippen LogP contribution in [0.2, 0.25) is 0 Å². The minimum atomic E-state index is -1.16. The van der Waals surface area contributed by atoms with Gasteiger partial charge in [0.2, 0.25) is 11.8 Å². The monoisotopic (exact) mass is 766 g/mol. The van der Waals surface area contributed by atoms with Crippen LogP contribution in [0.15, 0.2) is 78.9 Å². The van der Waals surface area contributed by atoms with Crippen LogP contribution in [0.25, 0.3) is 22.2 Å². The molecule has 1 aromatic heterocycles. The molecule has 13 heteroatoms. The molecule has 0 spiro atoms. The molecule has 0 radical (unpaired) electrons. The fraction of sp³-hybridized carbons (Fsp3) is 0.419. The van der Waals surface area contributed by atoms with E-state index in [-0.39, 0.29) is 25.8 Å². The van der Waals surface area contributed by atoms with Crippen LogP contribution in [-0.4, -0.2) is 89.0 Å². The van der Waals surface area contributed by atoms with Crippen LogP contribution in [0.3, 0.4) is 0 Å². The molecule has 56 heavy (non-hydrogen) atoms. The maximum atomic E-state index is 14.7. The van der Waals surface area contributed by atoms with Crippen LogP contribution in [0.5, 0.6) is 17.2 Å². The van der Waals surface area contributed by atoms with Gasteiger partial charge in [0.05, 0.1) is 31.5 Å². The van der Waals surface area contributed by atoms with E-state index in [9.17, 15) is 24.3 Å². The molecule has 3 amide bonds. The minimum absolute atomic E-state index is 0.0229. The highest BCUT2D eigenvalue weighted by atomic mass is 16.6. The molecule has 3 heterocycles. The third-order valence-electron chi connectivity index (χ3n) is 9.79. The molecule has 4 atom stereocenters. The second kappa shape index (κ2) is 17.7. The number of hydrogen-bond donors (Lipinski definition) is 3. The predicted molar refractivity (Wildman–Crippen MR) is 210 cm³/mol. The van der Waals surface area contributed by atoms with Gasteiger partial charge in [0.1, 0.15) is 47.1 Å². The molecule has 3 aromatic carbocycles. The standard InChI is InChI=1S/C43H50N4O9/c1-43(2,3)56-42(52)46-36-22-27-13-12-16-30(21-27)54-20-11-6-5-10-17-33(41(50)51)45-39(48)37-24-31(26-47(37)40(36)49)55-38-25-34(28-14-8-7-9-15-28)44-35-23-29(53-4)18-19-32(35)38/h7-9,12-16,18-19,21,23,25,31,33,36-37H,5-6,10-11,17,20,22,24,26H2,1-4H3,(H,45,48)(H,46,52)(H,50,51)/t31-,33-,36-,37+/m1/s1. The first kappa shape index (κ1) is 39.8. The maximum Gasteiger partial charge on any atom is 0.408 e. The molecule has 296 valence electrons. The summed E-state index contributed by atoms with van der Waals surface area (Å²) in [6.07, 6.45) is 1.81. The van der Waals surface area contributed by atoms with E-state index in [2.05, 4.69) is 10.6 Å². The molecule has 2 aliphatic rings. The highest BCUT2D eigenvalue weighted by Crippen LogP contribution is 2.35. The van der Waals surface area contributed by atoms with E-state index >= 15 is 0 Å². The molecule has 13 nitrogen and oxygen atoms in total. The van der Waals surface area contributed by atoms with E-state index in [4.69, 9.17) is 23.9 Å². The number of amides is 3. The molecule has 0 unspecified atom stereocenters. The summed E-state index contributed by atoms with van der Waals surface area (Å²) < 4.78 is 23.7. The number of fused-ring (bicyclic) bond motifs is 4. The van der Waals surface area contributed by atoms with Gasteiger partial charge in [-0.1, -0.05) is 61.7 Å². The largest absolute Gasteiger partial charge is 0.497 e. The third kappa shape index (κ3) is 10.3. The number of alkyl carbamates (subject to hydrolysis) is 1. The Kier molecular flexibility index (Phi) is 12.6. The van der Waals surface area contributed by atoms with Crippen molar-refractivity contribution in [2.75, 3.05) is 20.3 Å². The van der Waals surface area contributed by atoms with Crippen molar-refractivity contribution in [3.8, 4) is 28.5 Å². The van der Waals surface area contributed by atoms with Crippen LogP contribution < -0.4 is 24.8 Å². The van der Waals surface area contributed by atoms with Gasteiger partial charge in [0, 0.05) is 35.9 Å². The average molecular weight is 767 g/mol. The number of carbonyl (C=O) groups is 4. The molecule has 0 saturated carbocycles. The van der Waals surface area contributed by atoms with E-state index < -0.39 is 53.7 Å². The molecule has 2 aliphatic heterocycles. The number of rotatable bonds is 6. The Morgan fingerprint density at radius 2 is 1.75 bits per heavy atom. The molecule has 2 bridgehead atoms. The number of nitrogens with one attached hydrogen (secondary N) is 2. The third-order valence-corrected chi connectivity index (χ3v) is 9.79. The quantitative estimate of drug-likeness (QED) is 0.203. The summed E-state index contributed by atoms with van der Waals surface area (Å²) >= 11 is 0. The van der Waals surface area contributed by atoms with Crippen molar-refractivity contribution in [3.05, 3.63) is 84.4 Å². The zero-order valence-electron chi connectivity index (χ0n) is 32.3. The van der Waals surface area contributed by atoms with E-state index in [1.54, 1.807) is 33.9 Å². The van der Waals surface area contributed by atoms with E-state index in [1.807, 2.05) is 72.8 Å². The molecular formula is C43H50N4O9. The van der Waals surface area contributed by atoms with Gasteiger partial charge in [-0.2, -0.15) is 0 Å². The number of aliphatic carboxylic acids is 1. The number of hydrogen-bond acceptors (Lipinski definition) is 9. The Morgan fingerprint density at radius 3 is 2.50 bits per heavy atom. The highest BCUT2D eigenvalue weighted by Gasteiger charge is 2.44. The van der Waals surface area contributed by atoms with Crippen molar-refractivity contribution < 1.29 is 43.2 Å². The second-order valence-electron chi connectivity index (χ2n) is 15.2. The molecule has 0 aliphatic carbocycles. The molecule has 4 aromatic rings. The number of methoxy groups -OCH3 is 1. The Hall–Kier alpha value is -5.85. The number of carboxylic acid groups (broad SMARTS) is 1. The Labute approximate surface area is 326 Å². The number of carbonyl (C=O) groups excluding carboxylic acids is 3. The van der Waals surface area contributed by atoms with Crippen LogP contribution >= 0.6 is 0 Å². The van der Waals surface area contributed by atoms with E-state index in [0.717, 1.165) is 30.4 Å². The summed E-state index contributed by atoms with van der Waals surface area (Å²) in [6.45, 7) is 5.62. The van der Waals surface area contributed by atoms with Crippen molar-refractivity contribution in [1.82, 2.24) is 20.5 Å². The normalized spacial score (nSPS) is 21.1. The summed E-state index contributed by atoms with van der Waals surface area (Å²) in [7, 11) is 1.58. The van der Waals surface area contributed by atoms with Crippen molar-refractivity contribution in [1.29, 1.82) is 0 Å². The lowest BCUT2D eigenvalue weighted by Crippen LogP contribution is -2.56. The molecule has 6 rings (SSSR count). The van der Waals surface area contributed by atoms with Crippen molar-refractivity contribution in [2.45, 2.75) is 95.5 Å². The van der Waals surface area contributed by atoms with Crippen LogP contribution in [-0.2, 0) is 25.5 Å². The number of pyridine rings is 1. The second-order valence-corrected chi connectivity index (χ2v) is 15.2. The van der Waals surface area contributed by atoms with Crippen LogP contribution in [0, 0.1) is 0 Å². The van der Waals surface area contributed by atoms with Gasteiger partial charge in [0.25, 0.3) is 0 Å². The number of benzene rings is 3. The molecule has 1 fully saturated rings. The highest BCUT2D eigenvalue weighted by molar-refractivity contribution is 5.94. The summed E-state index contributed by atoms with van der Waals surface area (Å²) in [5, 5.41) is 16.3. The van der Waals surface area contributed by atoms with Gasteiger partial charge in [0.15, 0.2) is 0 Å². The number of carboxylic acids is 1. The van der Waals surface area contributed by atoms with Crippen molar-refractivity contribution >= 4 is 34.8 Å². The van der Waals surface area contributed by atoms with E-state index in [0.29, 0.717) is 46.9 Å². The Balaban J connectivity index is 1.37. The molecule has 1 saturated heterocycles. The summed E-state index contributed by atoms with van der Waals surface area (Å²) in [6, 6.07) is 20.9. The Bertz CT molecular complexity index is 2030. The van der Waals surface area contributed by atoms with Gasteiger partial charge in [-0.15, -0.1) is 0 Å². The number of aromatic nitrogens is 1. The van der Waals surface area contributed by atoms with Crippen molar-refractivity contribution in [2.24, 2.45) is 0 Å². The number of nitrogens with zero attached hydrogens (tertiary/aromatic N) is 2. The SMILES string of the molecule is COc1ccc2c(O[C@@H]3C[C@H]4C(=O)N[C@@H](C(=O)O)CCCCCCOc5cccc(c5)C[C@@H](NC(=O)OC(C)(C)C)C(=O)N4C3)cc(-c3ccccc3)nc2c1. The number of ether oxygens (including phenoxy) is 4. The Morgan fingerprint density at radius 1 is 0.964 bits per heavy atom. The lowest BCUT2D eigenvalue weighted by atomic mass is 10.0. The van der Waals surface area contributed by atoms with Gasteiger partial charge >= 0.3 is 12.1 Å². The zero-order valence-corrected chi connectivity index (χ0v) is 32.3. The topological polar surface area (TPSA) is 166 Å². The fourth-order valence-corrected chi connectivity index (χ4v) is 7.08. The summed E-state index contributed by atoms with van der Waals surface area (Å²) in [5.41, 5.74) is 2.03. The van der Waals surface area contributed by atoms with Crippen molar-refractivity contribution in [3.63, 3.8) is 0 Å². The van der Waals surface area contributed by atoms with Gasteiger partial charge in [-0.25, -0.2) is 14.6 Å². The molecule has 3 N–H and O–H groups in total. The average Bonchev–Trinajstić information content (AvgIpc) is 3.59. The zero-order chi connectivity index (χ0) is 39.8. The van der Waals surface area contributed by atoms with Gasteiger partial charge in [-0.05, 0) is 63.4 Å². The van der Waals surface area contributed by atoms with E-state index in [1.165, 1.54) is 4.90 Å². The summed E-state index contributed by atoms with van der Waals surface area (Å²) in [5.74, 6) is -0.582. The van der Waals surface area contributed by atoms with Crippen LogP contribution in [0.1, 0.15) is 64.9 Å². The first-order valence-corrected chi connectivity index (χ1v) is 19.1. The maximum absolute atomic E-state index is 14.7. The smallest absolute Gasteiger partial charge is 0.408 e. The lowest BCUT2D eigenvalue weighted by Gasteiger charge is -2.30. The van der Waals surface area contributed by atoms with Crippen LogP contribution in [0.4, 0.5) is 4.79 Å². The fourth-order valence-electron chi connectivity index (χ4n) is 7.08. The molecular weight excluding hydrogens is 716 g/mol. The minimum Gasteiger partial charge on any atom is -0.497 e. The van der Waals surface area contributed by atoms with Gasteiger partial charge < -0.3 is 39.6 Å². The predicted octanol–water partition coefficient (Wildman–Crippen LogP) is 6.31. The first-order chi connectivity index (χ1) is 26.9. The lowest BCUT2D eigenvalue weighted by molar-refractivity contribution is -0.144. The van der Waals surface area contributed by atoms with Gasteiger partial charge in [-0.3, -0.25) is 9.59 Å². The first-order valence-electron chi connectivity index (χ1n) is 19.1.